The van der Waals surface area contributed by atoms with Crippen LogP contribution < -0.4 is 16.4 Å². The summed E-state index contributed by atoms with van der Waals surface area (Å²) in [6.45, 7) is -1.42. The summed E-state index contributed by atoms with van der Waals surface area (Å²) in [7, 11) is 0. The van der Waals surface area contributed by atoms with Gasteiger partial charge in [-0.1, -0.05) is 6.07 Å². The monoisotopic (exact) mass is 532 g/mol. The molecule has 2 heterocycles. The fourth-order valence-corrected chi connectivity index (χ4v) is 3.27. The number of hydrogen-bond acceptors (Lipinski definition) is 7. The van der Waals surface area contributed by atoms with Crippen LogP contribution in [0.5, 0.6) is 5.88 Å². The minimum Gasteiger partial charge on any atom is -0.473 e. The van der Waals surface area contributed by atoms with E-state index in [1.165, 1.54) is 0 Å². The van der Waals surface area contributed by atoms with E-state index in [0.717, 1.165) is 30.5 Å². The Morgan fingerprint density at radius 3 is 2.27 bits per heavy atom. The first-order valence-electron chi connectivity index (χ1n) is 10.2. The van der Waals surface area contributed by atoms with Crippen LogP contribution in [-0.4, -0.2) is 33.0 Å². The van der Waals surface area contributed by atoms with Crippen LogP contribution in [0.15, 0.2) is 60.0 Å². The highest BCUT2D eigenvalue weighted by Gasteiger charge is 2.58. The zero-order valence-corrected chi connectivity index (χ0v) is 18.6. The number of hydrazone groups is 1. The summed E-state index contributed by atoms with van der Waals surface area (Å²) in [6.07, 6.45) is -2.35. The molecule has 0 saturated carbocycles. The first kappa shape index (κ1) is 27.6. The molecule has 1 atom stereocenters. The van der Waals surface area contributed by atoms with Crippen molar-refractivity contribution in [2.45, 2.75) is 24.3 Å². The number of alkyl halides is 5. The number of benzene rings is 1. The van der Waals surface area contributed by atoms with Crippen molar-refractivity contribution < 1.29 is 40.6 Å². The molecule has 3 rings (SSSR count). The van der Waals surface area contributed by atoms with Gasteiger partial charge in [-0.15, -0.1) is 0 Å². The molecule has 198 valence electrons. The summed E-state index contributed by atoms with van der Waals surface area (Å²) in [5.41, 5.74) is -6.11. The average Bonchev–Trinajstić information content (AvgIpc) is 2.82. The van der Waals surface area contributed by atoms with Crippen molar-refractivity contribution in [3.05, 3.63) is 88.9 Å². The number of halogens is 7. The van der Waals surface area contributed by atoms with Gasteiger partial charge in [-0.25, -0.2) is 19.6 Å². The van der Waals surface area contributed by atoms with E-state index in [0.29, 0.717) is 35.7 Å². The van der Waals surface area contributed by atoms with Gasteiger partial charge in [0.25, 0.3) is 0 Å². The number of nitrogens with zero attached hydrogens (tertiary/aromatic N) is 4. The predicted molar refractivity (Wildman–Crippen MR) is 116 cm³/mol. The van der Waals surface area contributed by atoms with Gasteiger partial charge in [-0.3, -0.25) is 9.99 Å². The lowest BCUT2D eigenvalue weighted by Crippen LogP contribution is -2.53. The Kier molecular flexibility index (Phi) is 7.88. The largest absolute Gasteiger partial charge is 0.473 e. The highest BCUT2D eigenvalue weighted by molar-refractivity contribution is 5.53. The first-order chi connectivity index (χ1) is 17.3. The Morgan fingerprint density at radius 1 is 1.00 bits per heavy atom. The minimum atomic E-state index is -4.58. The Hall–Kier alpha value is -3.98. The van der Waals surface area contributed by atoms with E-state index in [9.17, 15) is 27.1 Å². The molecule has 15 heteroatoms. The van der Waals surface area contributed by atoms with E-state index in [1.807, 2.05) is 0 Å². The molecular weight excluding hydrogens is 513 g/mol. The molecule has 0 spiro atoms. The van der Waals surface area contributed by atoms with Gasteiger partial charge < -0.3 is 15.7 Å². The van der Waals surface area contributed by atoms with E-state index in [1.54, 1.807) is 0 Å². The molecule has 0 saturated heterocycles. The Balaban J connectivity index is 1.86. The van der Waals surface area contributed by atoms with E-state index in [4.69, 9.17) is 16.4 Å². The quantitative estimate of drug-likeness (QED) is 0.127. The third-order valence-electron chi connectivity index (χ3n) is 5.12. The maximum Gasteiger partial charge on any atom is 0.417 e. The number of pyridine rings is 2. The van der Waals surface area contributed by atoms with Crippen LogP contribution in [0.4, 0.5) is 30.7 Å². The molecule has 0 bridgehead atoms. The summed E-state index contributed by atoms with van der Waals surface area (Å²) in [6, 6.07) is 5.35. The molecule has 0 amide bonds. The van der Waals surface area contributed by atoms with Crippen LogP contribution in [0.3, 0.4) is 0 Å². The first-order valence-corrected chi connectivity index (χ1v) is 10.2. The molecule has 3 aromatic rings. The average molecular weight is 532 g/mol. The summed E-state index contributed by atoms with van der Waals surface area (Å²) in [4.78, 5) is 7.15. The van der Waals surface area contributed by atoms with Gasteiger partial charge in [-0.05, 0) is 24.3 Å². The number of nitrogens with two attached hydrogens (primary N) is 2. The zero-order valence-electron chi connectivity index (χ0n) is 18.6. The lowest BCUT2D eigenvalue weighted by molar-refractivity contribution is -0.203. The number of hydrazine groups is 1. The fourth-order valence-electron chi connectivity index (χ4n) is 3.27. The summed E-state index contributed by atoms with van der Waals surface area (Å²) in [5.74, 6) is 3.49. The van der Waals surface area contributed by atoms with Crippen molar-refractivity contribution in [1.29, 1.82) is 0 Å². The third-order valence-corrected chi connectivity index (χ3v) is 5.12. The number of hydrogen-bond donors (Lipinski definition) is 3. The third kappa shape index (κ3) is 6.06. The molecule has 0 aliphatic heterocycles. The maximum atomic E-state index is 15.6. The second kappa shape index (κ2) is 10.6. The molecule has 37 heavy (non-hydrogen) atoms. The second-order valence-corrected chi connectivity index (χ2v) is 7.72. The lowest BCUT2D eigenvalue weighted by atomic mass is 9.84. The zero-order chi connectivity index (χ0) is 27.4. The van der Waals surface area contributed by atoms with Crippen LogP contribution in [0.25, 0.3) is 0 Å². The molecule has 0 fully saturated rings. The number of aromatic nitrogens is 2. The topological polar surface area (TPSA) is 123 Å². The van der Waals surface area contributed by atoms with E-state index in [-0.39, 0.29) is 18.1 Å². The summed E-state index contributed by atoms with van der Waals surface area (Å²) >= 11 is 0. The molecule has 1 unspecified atom stereocenters. The Labute approximate surface area is 205 Å². The van der Waals surface area contributed by atoms with Crippen molar-refractivity contribution in [3.8, 4) is 5.88 Å². The number of rotatable bonds is 9. The smallest absolute Gasteiger partial charge is 0.417 e. The minimum absolute atomic E-state index is 0.159. The summed E-state index contributed by atoms with van der Waals surface area (Å²) < 4.78 is 102. The van der Waals surface area contributed by atoms with Gasteiger partial charge in [0.05, 0.1) is 12.1 Å². The molecule has 0 radical (unpaired) electrons. The van der Waals surface area contributed by atoms with Gasteiger partial charge >= 0.3 is 12.1 Å². The molecule has 0 aliphatic rings. The van der Waals surface area contributed by atoms with Crippen molar-refractivity contribution in [1.82, 2.24) is 15.0 Å². The van der Waals surface area contributed by atoms with E-state index in [2.05, 4.69) is 15.1 Å². The highest BCUT2D eigenvalue weighted by atomic mass is 19.4. The highest BCUT2D eigenvalue weighted by Crippen LogP contribution is 2.46. The standard InChI is InChI=1S/C22H19F7N6O2/c23-15-3-4-16(17(24)7-15)20(36,11-35(31)12-34-30)21(25,26)18-5-1-13(8-32-18)10-37-19-6-2-14(9-33-19)22(27,28)29/h1-9,12,36H,10-11,30-31H2/b34-12-. The molecule has 5 N–H and O–H groups in total. The van der Waals surface area contributed by atoms with Gasteiger partial charge in [0.1, 0.15) is 30.3 Å². The molecule has 1 aromatic carbocycles. The molecule has 8 nitrogen and oxygen atoms in total. The Morgan fingerprint density at radius 2 is 1.73 bits per heavy atom. The van der Waals surface area contributed by atoms with Crippen molar-refractivity contribution in [2.24, 2.45) is 16.8 Å². The molecule has 2 aromatic heterocycles. The van der Waals surface area contributed by atoms with Crippen LogP contribution in [0, 0.1) is 11.6 Å². The normalized spacial score (nSPS) is 14.0. The molecule has 0 aliphatic carbocycles. The van der Waals surface area contributed by atoms with Crippen molar-refractivity contribution >= 4 is 6.34 Å². The van der Waals surface area contributed by atoms with E-state index < -0.39 is 52.7 Å². The van der Waals surface area contributed by atoms with Gasteiger partial charge in [0, 0.05) is 35.7 Å². The number of ether oxygens (including phenoxy) is 1. The summed E-state index contributed by atoms with van der Waals surface area (Å²) in [5, 5.41) is 14.6. The van der Waals surface area contributed by atoms with E-state index >= 15 is 8.78 Å². The predicted octanol–water partition coefficient (Wildman–Crippen LogP) is 3.41. The fraction of sp³-hybridized carbons (Fsp3) is 0.227. The van der Waals surface area contributed by atoms with Gasteiger partial charge in [0.2, 0.25) is 5.88 Å². The molecular formula is C22H19F7N6O2. The van der Waals surface area contributed by atoms with Gasteiger partial charge in [0.15, 0.2) is 5.60 Å². The number of aliphatic hydroxyl groups is 1. The van der Waals surface area contributed by atoms with Crippen LogP contribution in [0.2, 0.25) is 0 Å². The maximum absolute atomic E-state index is 15.6. The SMILES string of the molecule is N/N=C\N(N)CC(O)(c1ccc(F)cc1F)C(F)(F)c1ccc(COc2ccc(C(F)(F)F)cn2)cn1. The van der Waals surface area contributed by atoms with Crippen molar-refractivity contribution in [3.63, 3.8) is 0 Å². The van der Waals surface area contributed by atoms with Crippen LogP contribution in [0.1, 0.15) is 22.4 Å². The second-order valence-electron chi connectivity index (χ2n) is 7.72. The Bertz CT molecular complexity index is 1240. The van der Waals surface area contributed by atoms with Crippen LogP contribution in [-0.2, 0) is 24.3 Å². The van der Waals surface area contributed by atoms with Crippen molar-refractivity contribution in [2.75, 3.05) is 6.54 Å². The van der Waals surface area contributed by atoms with Gasteiger partial charge in [-0.2, -0.15) is 27.1 Å². The lowest BCUT2D eigenvalue weighted by Gasteiger charge is -2.37. The van der Waals surface area contributed by atoms with Crippen LogP contribution >= 0.6 is 0 Å².